The third-order valence-electron chi connectivity index (χ3n) is 5.45. The molecule has 2 aliphatic rings. The van der Waals surface area contributed by atoms with Gasteiger partial charge in [0.05, 0.1) is 5.92 Å². The molecule has 0 saturated heterocycles. The molecule has 7 nitrogen and oxygen atoms in total. The van der Waals surface area contributed by atoms with Crippen molar-refractivity contribution in [2.45, 2.75) is 12.0 Å². The molecule has 34 heavy (non-hydrogen) atoms. The molecule has 0 amide bonds. The number of nitrogens with zero attached hydrogens (tertiary/aromatic N) is 1. The predicted octanol–water partition coefficient (Wildman–Crippen LogP) is 4.96. The van der Waals surface area contributed by atoms with E-state index >= 15 is 0 Å². The number of nitrogens with two attached hydrogens (primary N) is 1. The number of benzene rings is 3. The van der Waals surface area contributed by atoms with Crippen LogP contribution in [0.4, 0.5) is 0 Å². The topological polar surface area (TPSA) is 104 Å². The van der Waals surface area contributed by atoms with Crippen molar-refractivity contribution in [3.8, 4) is 29.1 Å². The van der Waals surface area contributed by atoms with Crippen LogP contribution < -0.4 is 24.7 Å². The number of fused-ring (bicyclic) bond motifs is 2. The lowest BCUT2D eigenvalue weighted by atomic mass is 9.83. The quantitative estimate of drug-likeness (QED) is 0.405. The van der Waals surface area contributed by atoms with E-state index in [1.54, 1.807) is 48.5 Å². The Morgan fingerprint density at radius 1 is 1.03 bits per heavy atom. The van der Waals surface area contributed by atoms with Crippen LogP contribution in [-0.2, 0) is 4.79 Å². The van der Waals surface area contributed by atoms with Crippen LogP contribution in [0, 0.1) is 11.3 Å². The summed E-state index contributed by atoms with van der Waals surface area (Å²) in [4.78, 5) is 12.7. The van der Waals surface area contributed by atoms with Gasteiger partial charge in [0.15, 0.2) is 11.5 Å². The van der Waals surface area contributed by atoms with Crippen molar-refractivity contribution in [1.82, 2.24) is 0 Å². The molecule has 0 fully saturated rings. The molecule has 9 heteroatoms. The molecule has 5 rings (SSSR count). The summed E-state index contributed by atoms with van der Waals surface area (Å²) >= 11 is 12.5. The van der Waals surface area contributed by atoms with Crippen LogP contribution in [0.25, 0.3) is 0 Å². The Kier molecular flexibility index (Phi) is 5.70. The fraction of sp³-hybridized carbons (Fsp3) is 0.120. The Hall–Kier alpha value is -3.86. The third-order valence-corrected chi connectivity index (χ3v) is 6.02. The molecule has 0 aromatic heterocycles. The zero-order chi connectivity index (χ0) is 23.8. The SMILES string of the molecule is N#CC1=C(N)Oc2cc(OC(=O)C3COc4ccccc4O3)ccc2C1c1ccc(Cl)cc1Cl. The fourth-order valence-electron chi connectivity index (χ4n) is 3.87. The normalized spacial score (nSPS) is 18.4. The average molecular weight is 495 g/mol. The van der Waals surface area contributed by atoms with Crippen LogP contribution in [0.15, 0.2) is 72.1 Å². The van der Waals surface area contributed by atoms with Crippen molar-refractivity contribution in [3.05, 3.63) is 93.3 Å². The highest BCUT2D eigenvalue weighted by atomic mass is 35.5. The second-order valence-corrected chi connectivity index (χ2v) is 8.42. The van der Waals surface area contributed by atoms with E-state index in [1.807, 2.05) is 6.07 Å². The first-order valence-corrected chi connectivity index (χ1v) is 11.0. The van der Waals surface area contributed by atoms with Gasteiger partial charge in [-0.3, -0.25) is 0 Å². The van der Waals surface area contributed by atoms with Crippen molar-refractivity contribution in [2.24, 2.45) is 5.73 Å². The summed E-state index contributed by atoms with van der Waals surface area (Å²) in [6, 6.07) is 19.0. The summed E-state index contributed by atoms with van der Waals surface area (Å²) in [5.41, 5.74) is 7.55. The van der Waals surface area contributed by atoms with E-state index in [0.29, 0.717) is 38.4 Å². The van der Waals surface area contributed by atoms with Crippen molar-refractivity contribution in [3.63, 3.8) is 0 Å². The summed E-state index contributed by atoms with van der Waals surface area (Å²) in [6.07, 6.45) is -0.928. The number of esters is 1. The minimum atomic E-state index is -0.928. The van der Waals surface area contributed by atoms with Crippen LogP contribution in [-0.4, -0.2) is 18.7 Å². The van der Waals surface area contributed by atoms with Crippen molar-refractivity contribution < 1.29 is 23.7 Å². The lowest BCUT2D eigenvalue weighted by Crippen LogP contribution is -2.39. The van der Waals surface area contributed by atoms with Crippen LogP contribution in [0.5, 0.6) is 23.0 Å². The van der Waals surface area contributed by atoms with E-state index in [4.69, 9.17) is 47.9 Å². The number of nitriles is 1. The number of hydrogen-bond donors (Lipinski definition) is 1. The Morgan fingerprint density at radius 2 is 1.79 bits per heavy atom. The Labute approximate surface area is 204 Å². The predicted molar refractivity (Wildman–Crippen MR) is 124 cm³/mol. The molecule has 0 aliphatic carbocycles. The number of allylic oxidation sites excluding steroid dienone is 1. The molecule has 2 unspecified atom stereocenters. The molecule has 0 radical (unpaired) electrons. The Bertz CT molecular complexity index is 1380. The largest absolute Gasteiger partial charge is 0.485 e. The molecule has 2 atom stereocenters. The maximum absolute atomic E-state index is 12.7. The van der Waals surface area contributed by atoms with Gasteiger partial charge >= 0.3 is 5.97 Å². The summed E-state index contributed by atoms with van der Waals surface area (Å²) in [5, 5.41) is 10.6. The minimum absolute atomic E-state index is 0.0235. The number of carbonyl (C=O) groups is 1. The zero-order valence-corrected chi connectivity index (χ0v) is 19.0. The number of hydrogen-bond acceptors (Lipinski definition) is 7. The van der Waals surface area contributed by atoms with Gasteiger partial charge in [0, 0.05) is 21.7 Å². The molecule has 170 valence electrons. The van der Waals surface area contributed by atoms with Gasteiger partial charge in [-0.1, -0.05) is 47.5 Å². The summed E-state index contributed by atoms with van der Waals surface area (Å²) in [7, 11) is 0. The second kappa shape index (κ2) is 8.82. The molecule has 3 aromatic carbocycles. The highest BCUT2D eigenvalue weighted by Crippen LogP contribution is 2.45. The molecule has 2 aliphatic heterocycles. The van der Waals surface area contributed by atoms with Gasteiger partial charge < -0.3 is 24.7 Å². The van der Waals surface area contributed by atoms with Gasteiger partial charge in [-0.2, -0.15) is 5.26 Å². The zero-order valence-electron chi connectivity index (χ0n) is 17.5. The van der Waals surface area contributed by atoms with Gasteiger partial charge in [0.1, 0.15) is 29.7 Å². The molecule has 0 saturated carbocycles. The van der Waals surface area contributed by atoms with Crippen LogP contribution in [0.1, 0.15) is 17.0 Å². The highest BCUT2D eigenvalue weighted by Gasteiger charge is 2.33. The monoisotopic (exact) mass is 494 g/mol. The average Bonchev–Trinajstić information content (AvgIpc) is 2.83. The maximum Gasteiger partial charge on any atom is 0.356 e. The standard InChI is InChI=1S/C25H16Cl2N2O5/c26-13-5-7-15(18(27)9-13)23-16-8-6-14(10-21(16)34-24(29)17(23)11-28)32-25(30)22-12-31-19-3-1-2-4-20(19)33-22/h1-10,22-23H,12,29H2. The fourth-order valence-corrected chi connectivity index (χ4v) is 4.39. The number of para-hydroxylation sites is 2. The first-order chi connectivity index (χ1) is 16.4. The lowest BCUT2D eigenvalue weighted by Gasteiger charge is -2.28. The first-order valence-electron chi connectivity index (χ1n) is 10.2. The molecule has 2 N–H and O–H groups in total. The molecule has 0 spiro atoms. The van der Waals surface area contributed by atoms with Crippen LogP contribution >= 0.6 is 23.2 Å². The molecule has 3 aromatic rings. The second-order valence-electron chi connectivity index (χ2n) is 7.58. The van der Waals surface area contributed by atoms with Crippen molar-refractivity contribution in [1.29, 1.82) is 5.26 Å². The summed E-state index contributed by atoms with van der Waals surface area (Å²) in [6.45, 7) is 0.0235. The Morgan fingerprint density at radius 3 is 2.56 bits per heavy atom. The van der Waals surface area contributed by atoms with Crippen molar-refractivity contribution >= 4 is 29.2 Å². The Balaban J connectivity index is 1.42. The highest BCUT2D eigenvalue weighted by molar-refractivity contribution is 6.35. The molecule has 0 bridgehead atoms. The van der Waals surface area contributed by atoms with E-state index in [0.717, 1.165) is 0 Å². The van der Waals surface area contributed by atoms with E-state index in [-0.39, 0.29) is 23.8 Å². The lowest BCUT2D eigenvalue weighted by molar-refractivity contribution is -0.144. The maximum atomic E-state index is 12.7. The first kappa shape index (κ1) is 22.0. The third kappa shape index (κ3) is 3.98. The minimum Gasteiger partial charge on any atom is -0.485 e. The van der Waals surface area contributed by atoms with Gasteiger partial charge in [-0.15, -0.1) is 0 Å². The number of rotatable bonds is 3. The molecular formula is C25H16Cl2N2O5. The van der Waals surface area contributed by atoms with Crippen molar-refractivity contribution in [2.75, 3.05) is 6.61 Å². The van der Waals surface area contributed by atoms with E-state index < -0.39 is 18.0 Å². The summed E-state index contributed by atoms with van der Waals surface area (Å²) < 4.78 is 22.5. The number of halogens is 2. The van der Waals surface area contributed by atoms with Crippen LogP contribution in [0.3, 0.4) is 0 Å². The van der Waals surface area contributed by atoms with E-state index in [9.17, 15) is 10.1 Å². The molecule has 2 heterocycles. The van der Waals surface area contributed by atoms with Gasteiger partial charge in [0.25, 0.3) is 0 Å². The summed E-state index contributed by atoms with van der Waals surface area (Å²) in [5.74, 6) is 0.336. The van der Waals surface area contributed by atoms with Gasteiger partial charge in [-0.05, 0) is 35.9 Å². The van der Waals surface area contributed by atoms with E-state index in [2.05, 4.69) is 6.07 Å². The molecular weight excluding hydrogens is 479 g/mol. The van der Waals surface area contributed by atoms with Gasteiger partial charge in [-0.25, -0.2) is 4.79 Å². The van der Waals surface area contributed by atoms with Crippen LogP contribution in [0.2, 0.25) is 10.0 Å². The number of carbonyl (C=O) groups excluding carboxylic acids is 1. The number of ether oxygens (including phenoxy) is 4. The smallest absolute Gasteiger partial charge is 0.356 e. The van der Waals surface area contributed by atoms with Gasteiger partial charge in [0.2, 0.25) is 12.0 Å². The van der Waals surface area contributed by atoms with E-state index in [1.165, 1.54) is 6.07 Å².